The van der Waals surface area contributed by atoms with Gasteiger partial charge in [0.2, 0.25) is 0 Å². The first-order valence-electron chi connectivity index (χ1n) is 8.00. The highest BCUT2D eigenvalue weighted by atomic mass is 16.5. The van der Waals surface area contributed by atoms with Gasteiger partial charge in [0, 0.05) is 50.9 Å². The van der Waals surface area contributed by atoms with Crippen molar-refractivity contribution in [1.82, 2.24) is 15.1 Å². The zero-order valence-corrected chi connectivity index (χ0v) is 12.5. The van der Waals surface area contributed by atoms with Crippen LogP contribution in [0.25, 0.3) is 0 Å². The van der Waals surface area contributed by atoms with E-state index in [2.05, 4.69) is 22.0 Å². The Labute approximate surface area is 117 Å². The number of hydrogen-bond acceptors (Lipinski definition) is 4. The lowest BCUT2D eigenvalue weighted by molar-refractivity contribution is 0.000360. The van der Waals surface area contributed by atoms with Gasteiger partial charge >= 0.3 is 0 Å². The summed E-state index contributed by atoms with van der Waals surface area (Å²) in [5.41, 5.74) is 0. The molecule has 2 saturated heterocycles. The van der Waals surface area contributed by atoms with Crippen LogP contribution in [0.4, 0.5) is 0 Å². The molecule has 0 aromatic carbocycles. The molecule has 3 fully saturated rings. The fourth-order valence-electron chi connectivity index (χ4n) is 3.77. The topological polar surface area (TPSA) is 27.7 Å². The van der Waals surface area contributed by atoms with Crippen molar-refractivity contribution in [1.29, 1.82) is 0 Å². The van der Waals surface area contributed by atoms with Gasteiger partial charge in [-0.2, -0.15) is 0 Å². The third-order valence-corrected chi connectivity index (χ3v) is 5.03. The smallest absolute Gasteiger partial charge is 0.0630 e. The molecule has 4 heteroatoms. The van der Waals surface area contributed by atoms with E-state index in [1.54, 1.807) is 0 Å². The maximum atomic E-state index is 5.47. The SMILES string of the molecule is COCC(CNC1CC1)N1CC2CCCN2CC1C. The largest absolute Gasteiger partial charge is 0.383 e. The van der Waals surface area contributed by atoms with Gasteiger partial charge in [-0.3, -0.25) is 9.80 Å². The lowest BCUT2D eigenvalue weighted by Gasteiger charge is -2.46. The van der Waals surface area contributed by atoms with Gasteiger partial charge < -0.3 is 10.1 Å². The summed E-state index contributed by atoms with van der Waals surface area (Å²) in [6.07, 6.45) is 5.51. The molecule has 3 unspecified atom stereocenters. The molecule has 0 bridgehead atoms. The second-order valence-corrected chi connectivity index (χ2v) is 6.63. The Bertz CT molecular complexity index is 295. The average molecular weight is 267 g/mol. The Morgan fingerprint density at radius 2 is 2.11 bits per heavy atom. The van der Waals surface area contributed by atoms with E-state index in [1.807, 2.05) is 7.11 Å². The first-order valence-corrected chi connectivity index (χ1v) is 8.00. The molecule has 1 N–H and O–H groups in total. The van der Waals surface area contributed by atoms with Crippen LogP contribution in [0.5, 0.6) is 0 Å². The third kappa shape index (κ3) is 3.30. The summed E-state index contributed by atoms with van der Waals surface area (Å²) in [6.45, 7) is 8.13. The van der Waals surface area contributed by atoms with Gasteiger partial charge in [-0.1, -0.05) is 0 Å². The summed E-state index contributed by atoms with van der Waals surface area (Å²) in [6, 6.07) is 2.80. The van der Waals surface area contributed by atoms with Crippen molar-refractivity contribution in [3.8, 4) is 0 Å². The van der Waals surface area contributed by atoms with Crippen LogP contribution in [0.2, 0.25) is 0 Å². The van der Waals surface area contributed by atoms with Crippen LogP contribution in [0.3, 0.4) is 0 Å². The molecular formula is C15H29N3O. The average Bonchev–Trinajstić information content (AvgIpc) is 3.12. The molecule has 3 aliphatic rings. The highest BCUT2D eigenvalue weighted by Crippen LogP contribution is 2.26. The minimum atomic E-state index is 0.545. The Hall–Kier alpha value is -0.160. The molecule has 1 aliphatic carbocycles. The lowest BCUT2D eigenvalue weighted by atomic mass is 10.0. The van der Waals surface area contributed by atoms with Crippen LogP contribution >= 0.6 is 0 Å². The van der Waals surface area contributed by atoms with Crippen molar-refractivity contribution in [2.75, 3.05) is 39.9 Å². The Morgan fingerprint density at radius 3 is 2.84 bits per heavy atom. The van der Waals surface area contributed by atoms with Crippen LogP contribution in [0.1, 0.15) is 32.6 Å². The minimum Gasteiger partial charge on any atom is -0.383 e. The molecule has 110 valence electrons. The highest BCUT2D eigenvalue weighted by molar-refractivity contribution is 4.94. The predicted molar refractivity (Wildman–Crippen MR) is 77.5 cm³/mol. The van der Waals surface area contributed by atoms with E-state index in [-0.39, 0.29) is 0 Å². The van der Waals surface area contributed by atoms with E-state index in [4.69, 9.17) is 4.74 Å². The quantitative estimate of drug-likeness (QED) is 0.774. The number of nitrogens with one attached hydrogen (secondary N) is 1. The van der Waals surface area contributed by atoms with Gasteiger partial charge in [0.1, 0.15) is 0 Å². The van der Waals surface area contributed by atoms with Crippen molar-refractivity contribution < 1.29 is 4.74 Å². The van der Waals surface area contributed by atoms with Crippen LogP contribution in [0, 0.1) is 0 Å². The molecule has 4 nitrogen and oxygen atoms in total. The van der Waals surface area contributed by atoms with Gasteiger partial charge in [-0.25, -0.2) is 0 Å². The fraction of sp³-hybridized carbons (Fsp3) is 1.00. The summed E-state index contributed by atoms with van der Waals surface area (Å²) in [5, 5.41) is 3.68. The zero-order chi connectivity index (χ0) is 13.2. The maximum absolute atomic E-state index is 5.47. The predicted octanol–water partition coefficient (Wildman–Crippen LogP) is 0.922. The van der Waals surface area contributed by atoms with Crippen LogP contribution in [-0.2, 0) is 4.74 Å². The molecule has 0 amide bonds. The van der Waals surface area contributed by atoms with Gasteiger partial charge in [-0.05, 0) is 39.2 Å². The van der Waals surface area contributed by atoms with E-state index >= 15 is 0 Å². The van der Waals surface area contributed by atoms with Gasteiger partial charge in [0.15, 0.2) is 0 Å². The second-order valence-electron chi connectivity index (χ2n) is 6.63. The molecule has 3 atom stereocenters. The number of hydrogen-bond donors (Lipinski definition) is 1. The first kappa shape index (κ1) is 13.8. The normalized spacial score (nSPS) is 34.4. The lowest BCUT2D eigenvalue weighted by Crippen LogP contribution is -2.60. The summed E-state index contributed by atoms with van der Waals surface area (Å²) < 4.78 is 5.47. The van der Waals surface area contributed by atoms with E-state index in [9.17, 15) is 0 Å². The number of piperazine rings is 1. The highest BCUT2D eigenvalue weighted by Gasteiger charge is 2.37. The molecule has 19 heavy (non-hydrogen) atoms. The van der Waals surface area contributed by atoms with Crippen LogP contribution in [0.15, 0.2) is 0 Å². The number of ether oxygens (including phenoxy) is 1. The molecule has 2 heterocycles. The van der Waals surface area contributed by atoms with Crippen LogP contribution in [-0.4, -0.2) is 73.9 Å². The van der Waals surface area contributed by atoms with Crippen LogP contribution < -0.4 is 5.32 Å². The van der Waals surface area contributed by atoms with E-state index in [1.165, 1.54) is 45.3 Å². The Balaban J connectivity index is 1.58. The summed E-state index contributed by atoms with van der Waals surface area (Å²) in [5.74, 6) is 0. The molecule has 0 spiro atoms. The number of nitrogens with zero attached hydrogens (tertiary/aromatic N) is 2. The third-order valence-electron chi connectivity index (χ3n) is 5.03. The fourth-order valence-corrected chi connectivity index (χ4v) is 3.77. The summed E-state index contributed by atoms with van der Waals surface area (Å²) in [7, 11) is 1.83. The van der Waals surface area contributed by atoms with Crippen molar-refractivity contribution in [2.45, 2.75) is 56.8 Å². The minimum absolute atomic E-state index is 0.545. The zero-order valence-electron chi connectivity index (χ0n) is 12.5. The van der Waals surface area contributed by atoms with E-state index in [0.717, 1.165) is 25.2 Å². The summed E-state index contributed by atoms with van der Waals surface area (Å²) in [4.78, 5) is 5.39. The van der Waals surface area contributed by atoms with Crippen molar-refractivity contribution in [3.05, 3.63) is 0 Å². The molecule has 0 radical (unpaired) electrons. The number of methoxy groups -OCH3 is 1. The molecule has 2 aliphatic heterocycles. The van der Waals surface area contributed by atoms with Crippen molar-refractivity contribution in [3.63, 3.8) is 0 Å². The Kier molecular flexibility index (Phi) is 4.42. The number of fused-ring (bicyclic) bond motifs is 1. The molecular weight excluding hydrogens is 238 g/mol. The van der Waals surface area contributed by atoms with Gasteiger partial charge in [-0.15, -0.1) is 0 Å². The second kappa shape index (κ2) is 6.08. The first-order chi connectivity index (χ1) is 9.28. The molecule has 1 saturated carbocycles. The molecule has 0 aromatic heterocycles. The van der Waals surface area contributed by atoms with E-state index < -0.39 is 0 Å². The summed E-state index contributed by atoms with van der Waals surface area (Å²) >= 11 is 0. The van der Waals surface area contributed by atoms with Crippen molar-refractivity contribution in [2.24, 2.45) is 0 Å². The molecule has 3 rings (SSSR count). The standard InChI is InChI=1S/C15H29N3O/c1-12-9-17-7-3-4-14(17)10-18(12)15(11-19-2)8-16-13-5-6-13/h12-16H,3-11H2,1-2H3. The monoisotopic (exact) mass is 267 g/mol. The maximum Gasteiger partial charge on any atom is 0.0630 e. The Morgan fingerprint density at radius 1 is 1.26 bits per heavy atom. The number of rotatable bonds is 6. The van der Waals surface area contributed by atoms with Gasteiger partial charge in [0.25, 0.3) is 0 Å². The van der Waals surface area contributed by atoms with E-state index in [0.29, 0.717) is 12.1 Å². The van der Waals surface area contributed by atoms with Crippen molar-refractivity contribution >= 4 is 0 Å². The van der Waals surface area contributed by atoms with Gasteiger partial charge in [0.05, 0.1) is 6.61 Å². The molecule has 0 aromatic rings.